The SMILES string of the molecule is CCOc1cc(-c2ccccc2)sc1C(=O)Nc1cccc(NC(=O)CC)c1. The zero-order valence-electron chi connectivity index (χ0n) is 15.8. The number of hydrogen-bond donors (Lipinski definition) is 2. The number of carbonyl (C=O) groups is 2. The highest BCUT2D eigenvalue weighted by molar-refractivity contribution is 7.17. The second kappa shape index (κ2) is 9.19. The molecule has 3 aromatic rings. The van der Waals surface area contributed by atoms with Crippen LogP contribution in [0.25, 0.3) is 10.4 Å². The normalized spacial score (nSPS) is 10.4. The quantitative estimate of drug-likeness (QED) is 0.563. The zero-order valence-corrected chi connectivity index (χ0v) is 16.6. The van der Waals surface area contributed by atoms with Gasteiger partial charge in [0, 0.05) is 22.7 Å². The molecule has 0 bridgehead atoms. The van der Waals surface area contributed by atoms with Gasteiger partial charge in [-0.05, 0) is 36.8 Å². The van der Waals surface area contributed by atoms with Crippen LogP contribution in [-0.4, -0.2) is 18.4 Å². The first-order valence-electron chi connectivity index (χ1n) is 9.14. The summed E-state index contributed by atoms with van der Waals surface area (Å²) in [5.74, 6) is 0.252. The van der Waals surface area contributed by atoms with E-state index in [4.69, 9.17) is 4.74 Å². The van der Waals surface area contributed by atoms with Crippen LogP contribution in [0.3, 0.4) is 0 Å². The molecule has 144 valence electrons. The maximum absolute atomic E-state index is 12.9. The number of thiophene rings is 1. The topological polar surface area (TPSA) is 67.4 Å². The Morgan fingerprint density at radius 3 is 2.32 bits per heavy atom. The van der Waals surface area contributed by atoms with Crippen molar-refractivity contribution in [1.29, 1.82) is 0 Å². The van der Waals surface area contributed by atoms with Crippen molar-refractivity contribution in [2.24, 2.45) is 0 Å². The van der Waals surface area contributed by atoms with Crippen LogP contribution in [0, 0.1) is 0 Å². The van der Waals surface area contributed by atoms with Crippen molar-refractivity contribution in [3.8, 4) is 16.2 Å². The van der Waals surface area contributed by atoms with Crippen LogP contribution >= 0.6 is 11.3 Å². The van der Waals surface area contributed by atoms with E-state index in [1.54, 1.807) is 31.2 Å². The van der Waals surface area contributed by atoms with Gasteiger partial charge in [-0.2, -0.15) is 0 Å². The fraction of sp³-hybridized carbons (Fsp3) is 0.182. The third kappa shape index (κ3) is 4.78. The van der Waals surface area contributed by atoms with Gasteiger partial charge in [0.1, 0.15) is 10.6 Å². The average molecular weight is 394 g/mol. The molecule has 5 nitrogen and oxygen atoms in total. The Morgan fingerprint density at radius 2 is 1.64 bits per heavy atom. The predicted molar refractivity (Wildman–Crippen MR) is 114 cm³/mol. The molecule has 0 fully saturated rings. The Kier molecular flexibility index (Phi) is 6.45. The van der Waals surface area contributed by atoms with Crippen LogP contribution in [-0.2, 0) is 4.79 Å². The van der Waals surface area contributed by atoms with Crippen LogP contribution in [0.2, 0.25) is 0 Å². The first-order chi connectivity index (χ1) is 13.6. The minimum atomic E-state index is -0.241. The molecule has 0 unspecified atom stereocenters. The highest BCUT2D eigenvalue weighted by Gasteiger charge is 2.19. The number of hydrogen-bond acceptors (Lipinski definition) is 4. The van der Waals surface area contributed by atoms with E-state index in [1.807, 2.05) is 43.3 Å². The maximum atomic E-state index is 12.9. The molecule has 2 N–H and O–H groups in total. The molecule has 6 heteroatoms. The molecule has 2 aromatic carbocycles. The number of amides is 2. The van der Waals surface area contributed by atoms with E-state index < -0.39 is 0 Å². The summed E-state index contributed by atoms with van der Waals surface area (Å²) in [5, 5.41) is 5.68. The van der Waals surface area contributed by atoms with E-state index in [0.29, 0.717) is 35.0 Å². The third-order valence-electron chi connectivity index (χ3n) is 3.99. The smallest absolute Gasteiger partial charge is 0.269 e. The summed E-state index contributed by atoms with van der Waals surface area (Å²) in [6, 6.07) is 18.9. The molecule has 0 radical (unpaired) electrons. The van der Waals surface area contributed by atoms with E-state index >= 15 is 0 Å². The number of rotatable bonds is 7. The standard InChI is InChI=1S/C22H22N2O3S/c1-3-20(25)23-16-11-8-12-17(13-16)24-22(26)21-18(27-4-2)14-19(28-21)15-9-6-5-7-10-15/h5-14H,3-4H2,1-2H3,(H,23,25)(H,24,26). The summed E-state index contributed by atoms with van der Waals surface area (Å²) in [4.78, 5) is 25.9. The molecule has 1 heterocycles. The number of carbonyl (C=O) groups excluding carboxylic acids is 2. The highest BCUT2D eigenvalue weighted by Crippen LogP contribution is 2.36. The largest absolute Gasteiger partial charge is 0.492 e. The molecule has 0 aliphatic rings. The molecule has 0 saturated heterocycles. The Balaban J connectivity index is 1.83. The van der Waals surface area contributed by atoms with Crippen LogP contribution < -0.4 is 15.4 Å². The van der Waals surface area contributed by atoms with Gasteiger partial charge in [-0.25, -0.2) is 0 Å². The van der Waals surface area contributed by atoms with Crippen LogP contribution in [0.1, 0.15) is 29.9 Å². The number of ether oxygens (including phenoxy) is 1. The molecule has 0 aliphatic heterocycles. The van der Waals surface area contributed by atoms with Crippen molar-refractivity contribution in [2.75, 3.05) is 17.2 Å². The highest BCUT2D eigenvalue weighted by atomic mass is 32.1. The minimum absolute atomic E-state index is 0.0760. The number of anilines is 2. The Labute approximate surface area is 168 Å². The van der Waals surface area contributed by atoms with Gasteiger partial charge in [0.2, 0.25) is 5.91 Å². The van der Waals surface area contributed by atoms with E-state index in [1.165, 1.54) is 11.3 Å². The summed E-state index contributed by atoms with van der Waals surface area (Å²) < 4.78 is 5.68. The van der Waals surface area contributed by atoms with Crippen molar-refractivity contribution in [3.63, 3.8) is 0 Å². The third-order valence-corrected chi connectivity index (χ3v) is 5.15. The number of benzene rings is 2. The van der Waals surface area contributed by atoms with Gasteiger partial charge >= 0.3 is 0 Å². The van der Waals surface area contributed by atoms with Crippen molar-refractivity contribution < 1.29 is 14.3 Å². The Bertz CT molecular complexity index is 967. The van der Waals surface area contributed by atoms with Gasteiger partial charge in [-0.15, -0.1) is 11.3 Å². The lowest BCUT2D eigenvalue weighted by Crippen LogP contribution is -2.13. The lowest BCUT2D eigenvalue weighted by atomic mass is 10.2. The van der Waals surface area contributed by atoms with Gasteiger partial charge in [0.15, 0.2) is 0 Å². The fourth-order valence-electron chi connectivity index (χ4n) is 2.65. The summed E-state index contributed by atoms with van der Waals surface area (Å²) in [7, 11) is 0. The second-order valence-corrected chi connectivity index (χ2v) is 7.09. The van der Waals surface area contributed by atoms with Gasteiger partial charge in [-0.3, -0.25) is 9.59 Å². The molecular weight excluding hydrogens is 372 g/mol. The number of nitrogens with one attached hydrogen (secondary N) is 2. The fourth-order valence-corrected chi connectivity index (χ4v) is 3.65. The van der Waals surface area contributed by atoms with E-state index in [-0.39, 0.29) is 11.8 Å². The minimum Gasteiger partial charge on any atom is -0.492 e. The first-order valence-corrected chi connectivity index (χ1v) is 9.95. The average Bonchev–Trinajstić information content (AvgIpc) is 3.13. The van der Waals surface area contributed by atoms with Crippen LogP contribution in [0.4, 0.5) is 11.4 Å². The molecule has 0 atom stereocenters. The zero-order chi connectivity index (χ0) is 19.9. The molecule has 0 spiro atoms. The van der Waals surface area contributed by atoms with Crippen molar-refractivity contribution >= 4 is 34.5 Å². The summed E-state index contributed by atoms with van der Waals surface area (Å²) in [5.41, 5.74) is 2.29. The maximum Gasteiger partial charge on any atom is 0.269 e. The van der Waals surface area contributed by atoms with Crippen LogP contribution in [0.15, 0.2) is 60.7 Å². The van der Waals surface area contributed by atoms with E-state index in [2.05, 4.69) is 10.6 Å². The van der Waals surface area contributed by atoms with Crippen LogP contribution in [0.5, 0.6) is 5.75 Å². The first kappa shape index (κ1) is 19.6. The molecule has 0 saturated carbocycles. The molecule has 28 heavy (non-hydrogen) atoms. The molecule has 1 aromatic heterocycles. The summed E-state index contributed by atoms with van der Waals surface area (Å²) >= 11 is 1.39. The van der Waals surface area contributed by atoms with E-state index in [0.717, 1.165) is 10.4 Å². The monoisotopic (exact) mass is 394 g/mol. The Hall–Kier alpha value is -3.12. The molecule has 3 rings (SSSR count). The van der Waals surface area contributed by atoms with Crippen molar-refractivity contribution in [2.45, 2.75) is 20.3 Å². The Morgan fingerprint density at radius 1 is 0.929 bits per heavy atom. The van der Waals surface area contributed by atoms with Gasteiger partial charge in [-0.1, -0.05) is 43.3 Å². The van der Waals surface area contributed by atoms with Gasteiger partial charge in [0.25, 0.3) is 5.91 Å². The summed E-state index contributed by atoms with van der Waals surface area (Å²) in [6.45, 7) is 4.16. The molecular formula is C22H22N2O3S. The van der Waals surface area contributed by atoms with Crippen molar-refractivity contribution in [3.05, 3.63) is 65.5 Å². The summed E-state index contributed by atoms with van der Waals surface area (Å²) in [6.07, 6.45) is 0.395. The second-order valence-electron chi connectivity index (χ2n) is 6.04. The van der Waals surface area contributed by atoms with E-state index in [9.17, 15) is 9.59 Å². The lowest BCUT2D eigenvalue weighted by molar-refractivity contribution is -0.115. The lowest BCUT2D eigenvalue weighted by Gasteiger charge is -2.09. The molecule has 2 amide bonds. The predicted octanol–water partition coefficient (Wildman–Crippen LogP) is 5.41. The van der Waals surface area contributed by atoms with Gasteiger partial charge < -0.3 is 15.4 Å². The molecule has 0 aliphatic carbocycles. The van der Waals surface area contributed by atoms with Gasteiger partial charge in [0.05, 0.1) is 6.61 Å². The van der Waals surface area contributed by atoms with Crippen molar-refractivity contribution in [1.82, 2.24) is 0 Å².